The minimum absolute atomic E-state index is 0.00820. The van der Waals surface area contributed by atoms with E-state index in [0.29, 0.717) is 13.1 Å². The Morgan fingerprint density at radius 3 is 2.92 bits per heavy atom. The molecule has 0 spiro atoms. The number of methoxy groups -OCH3 is 1. The molecule has 0 fully saturated rings. The van der Waals surface area contributed by atoms with Crippen molar-refractivity contribution in [3.05, 3.63) is 66.5 Å². The third kappa shape index (κ3) is 2.88. The zero-order valence-electron chi connectivity index (χ0n) is 13.9. The van der Waals surface area contributed by atoms with E-state index in [4.69, 9.17) is 4.74 Å². The molecule has 1 aliphatic heterocycles. The second kappa shape index (κ2) is 6.43. The molecule has 0 saturated heterocycles. The van der Waals surface area contributed by atoms with Gasteiger partial charge in [0, 0.05) is 36.9 Å². The molecule has 0 aliphatic carbocycles. The van der Waals surface area contributed by atoms with Crippen LogP contribution in [0.1, 0.15) is 17.4 Å². The van der Waals surface area contributed by atoms with Crippen molar-refractivity contribution in [2.24, 2.45) is 0 Å². The highest BCUT2D eigenvalue weighted by molar-refractivity contribution is 5.76. The number of aromatic nitrogens is 4. The van der Waals surface area contributed by atoms with Crippen molar-refractivity contribution in [3.8, 4) is 5.75 Å². The van der Waals surface area contributed by atoms with E-state index < -0.39 is 0 Å². The number of para-hydroxylation sites is 1. The van der Waals surface area contributed by atoms with Crippen LogP contribution in [0.4, 0.5) is 0 Å². The number of carbonyl (C=O) groups is 1. The van der Waals surface area contributed by atoms with Crippen molar-refractivity contribution in [1.82, 2.24) is 24.2 Å². The maximum absolute atomic E-state index is 13.0. The van der Waals surface area contributed by atoms with Gasteiger partial charge in [0.2, 0.25) is 5.91 Å². The van der Waals surface area contributed by atoms with E-state index in [1.54, 1.807) is 30.4 Å². The molecule has 1 amide bonds. The van der Waals surface area contributed by atoms with Crippen molar-refractivity contribution in [2.45, 2.75) is 25.7 Å². The summed E-state index contributed by atoms with van der Waals surface area (Å²) in [6, 6.07) is 9.55. The Morgan fingerprint density at radius 2 is 2.12 bits per heavy atom. The monoisotopic (exact) mass is 337 g/mol. The van der Waals surface area contributed by atoms with Crippen LogP contribution in [0, 0.1) is 0 Å². The Labute approximate surface area is 145 Å². The van der Waals surface area contributed by atoms with Crippen LogP contribution in [-0.2, 0) is 24.4 Å². The zero-order chi connectivity index (χ0) is 17.2. The molecule has 1 unspecified atom stereocenters. The second-order valence-electron chi connectivity index (χ2n) is 5.98. The van der Waals surface area contributed by atoms with Gasteiger partial charge in [0.25, 0.3) is 0 Å². The lowest BCUT2D eigenvalue weighted by Gasteiger charge is -2.37. The Kier molecular flexibility index (Phi) is 3.97. The molecule has 2 aromatic heterocycles. The summed E-state index contributed by atoms with van der Waals surface area (Å²) in [6.07, 6.45) is 7.19. The van der Waals surface area contributed by atoms with Crippen molar-refractivity contribution in [1.29, 1.82) is 0 Å². The first-order valence-electron chi connectivity index (χ1n) is 8.16. The van der Waals surface area contributed by atoms with E-state index in [1.807, 2.05) is 41.4 Å². The fraction of sp³-hybridized carbons (Fsp3) is 0.278. The van der Waals surface area contributed by atoms with Gasteiger partial charge in [0.05, 0.1) is 19.7 Å². The molecule has 0 N–H and O–H groups in total. The maximum Gasteiger partial charge on any atom is 0.245 e. The highest BCUT2D eigenvalue weighted by Crippen LogP contribution is 2.34. The maximum atomic E-state index is 13.0. The lowest BCUT2D eigenvalue weighted by atomic mass is 10.0. The topological polar surface area (TPSA) is 65.2 Å². The second-order valence-corrected chi connectivity index (χ2v) is 5.98. The number of benzene rings is 1. The standard InChI is InChI=1S/C18H19N5O2/c1-25-16-6-3-2-5-14(16)15-11-21-10-8-19-17(21)12-23(15)18(24)13-22-9-4-7-20-22/h2-10,15H,11-13H2,1H3. The number of hydrogen-bond donors (Lipinski definition) is 0. The van der Waals surface area contributed by atoms with Crippen molar-refractivity contribution in [2.75, 3.05) is 7.11 Å². The molecule has 7 nitrogen and oxygen atoms in total. The normalized spacial score (nSPS) is 16.5. The molecule has 0 bridgehead atoms. The average molecular weight is 337 g/mol. The molecule has 4 rings (SSSR count). The van der Waals surface area contributed by atoms with Crippen molar-refractivity contribution in [3.63, 3.8) is 0 Å². The minimum Gasteiger partial charge on any atom is -0.496 e. The Morgan fingerprint density at radius 1 is 1.24 bits per heavy atom. The van der Waals surface area contributed by atoms with Gasteiger partial charge in [-0.2, -0.15) is 5.10 Å². The first-order valence-corrected chi connectivity index (χ1v) is 8.16. The summed E-state index contributed by atoms with van der Waals surface area (Å²) in [7, 11) is 1.65. The summed E-state index contributed by atoms with van der Waals surface area (Å²) in [6.45, 7) is 1.33. The molecule has 1 atom stereocenters. The van der Waals surface area contributed by atoms with Gasteiger partial charge in [-0.25, -0.2) is 4.98 Å². The summed E-state index contributed by atoms with van der Waals surface area (Å²) >= 11 is 0. The molecule has 3 heterocycles. The van der Waals surface area contributed by atoms with E-state index >= 15 is 0 Å². The number of amides is 1. The van der Waals surface area contributed by atoms with E-state index in [-0.39, 0.29) is 18.5 Å². The predicted molar refractivity (Wildman–Crippen MR) is 90.7 cm³/mol. The Bertz CT molecular complexity index is 871. The van der Waals surface area contributed by atoms with Crippen LogP contribution in [0.3, 0.4) is 0 Å². The van der Waals surface area contributed by atoms with Crippen molar-refractivity contribution >= 4 is 5.91 Å². The van der Waals surface area contributed by atoms with Crippen LogP contribution in [0.25, 0.3) is 0 Å². The third-order valence-electron chi connectivity index (χ3n) is 4.53. The van der Waals surface area contributed by atoms with Gasteiger partial charge >= 0.3 is 0 Å². The molecule has 7 heteroatoms. The summed E-state index contributed by atoms with van der Waals surface area (Å²) in [5.41, 5.74) is 0.998. The largest absolute Gasteiger partial charge is 0.496 e. The minimum atomic E-state index is -0.110. The predicted octanol–water partition coefficient (Wildman–Crippen LogP) is 1.87. The number of rotatable bonds is 4. The van der Waals surface area contributed by atoms with Gasteiger partial charge in [-0.1, -0.05) is 18.2 Å². The third-order valence-corrected chi connectivity index (χ3v) is 4.53. The molecule has 1 aliphatic rings. The molecule has 3 aromatic rings. The van der Waals surface area contributed by atoms with Crippen LogP contribution in [0.15, 0.2) is 55.1 Å². The van der Waals surface area contributed by atoms with E-state index in [0.717, 1.165) is 17.1 Å². The highest BCUT2D eigenvalue weighted by atomic mass is 16.5. The Balaban J connectivity index is 1.69. The van der Waals surface area contributed by atoms with Crippen LogP contribution in [0.2, 0.25) is 0 Å². The Hall–Kier alpha value is -3.09. The van der Waals surface area contributed by atoms with Gasteiger partial charge in [-0.15, -0.1) is 0 Å². The van der Waals surface area contributed by atoms with E-state index in [9.17, 15) is 4.79 Å². The summed E-state index contributed by atoms with van der Waals surface area (Å²) < 4.78 is 9.26. The first-order chi connectivity index (χ1) is 12.3. The summed E-state index contributed by atoms with van der Waals surface area (Å²) in [5.74, 6) is 1.68. The number of nitrogens with zero attached hydrogens (tertiary/aromatic N) is 5. The lowest BCUT2D eigenvalue weighted by molar-refractivity contribution is -0.136. The lowest BCUT2D eigenvalue weighted by Crippen LogP contribution is -2.42. The van der Waals surface area contributed by atoms with Gasteiger partial charge < -0.3 is 14.2 Å². The fourth-order valence-electron chi connectivity index (χ4n) is 3.30. The number of ether oxygens (including phenoxy) is 1. The van der Waals surface area contributed by atoms with Crippen molar-refractivity contribution < 1.29 is 9.53 Å². The average Bonchev–Trinajstić information content (AvgIpc) is 3.31. The number of hydrogen-bond acceptors (Lipinski definition) is 4. The summed E-state index contributed by atoms with van der Waals surface area (Å²) in [5, 5.41) is 4.14. The molecular formula is C18H19N5O2. The molecule has 0 saturated carbocycles. The van der Waals surface area contributed by atoms with Gasteiger partial charge in [-0.3, -0.25) is 9.48 Å². The molecule has 0 radical (unpaired) electrons. The van der Waals surface area contributed by atoms with Crippen LogP contribution in [0.5, 0.6) is 5.75 Å². The van der Waals surface area contributed by atoms with E-state index in [2.05, 4.69) is 14.6 Å². The SMILES string of the molecule is COc1ccccc1C1Cn2ccnc2CN1C(=O)Cn1cccn1. The molecule has 25 heavy (non-hydrogen) atoms. The number of imidazole rings is 1. The smallest absolute Gasteiger partial charge is 0.245 e. The molecule has 1 aromatic carbocycles. The number of carbonyl (C=O) groups excluding carboxylic acids is 1. The van der Waals surface area contributed by atoms with Gasteiger partial charge in [-0.05, 0) is 12.1 Å². The van der Waals surface area contributed by atoms with E-state index in [1.165, 1.54) is 0 Å². The van der Waals surface area contributed by atoms with Crippen LogP contribution < -0.4 is 4.74 Å². The number of fused-ring (bicyclic) bond motifs is 1. The first kappa shape index (κ1) is 15.4. The van der Waals surface area contributed by atoms with Gasteiger partial charge in [0.15, 0.2) is 0 Å². The summed E-state index contributed by atoms with van der Waals surface area (Å²) in [4.78, 5) is 19.2. The highest BCUT2D eigenvalue weighted by Gasteiger charge is 2.33. The van der Waals surface area contributed by atoms with Gasteiger partial charge in [0.1, 0.15) is 18.1 Å². The molecule has 128 valence electrons. The van der Waals surface area contributed by atoms with Crippen LogP contribution in [-0.4, -0.2) is 37.2 Å². The van der Waals surface area contributed by atoms with Crippen LogP contribution >= 0.6 is 0 Å². The molecular weight excluding hydrogens is 318 g/mol. The zero-order valence-corrected chi connectivity index (χ0v) is 13.9. The quantitative estimate of drug-likeness (QED) is 0.729. The fourth-order valence-corrected chi connectivity index (χ4v) is 3.30.